The van der Waals surface area contributed by atoms with E-state index in [0.717, 1.165) is 0 Å². The number of anilines is 2. The van der Waals surface area contributed by atoms with Crippen molar-refractivity contribution in [1.82, 2.24) is 5.53 Å². The molecule has 0 fully saturated rings. The molecular formula is C8H11N3. The van der Waals surface area contributed by atoms with Crippen LogP contribution >= 0.6 is 0 Å². The van der Waals surface area contributed by atoms with Crippen LogP contribution in [0.5, 0.6) is 0 Å². The first-order chi connectivity index (χ1) is 5.29. The van der Waals surface area contributed by atoms with Crippen LogP contribution in [0.2, 0.25) is 0 Å². The van der Waals surface area contributed by atoms with E-state index >= 15 is 0 Å². The van der Waals surface area contributed by atoms with E-state index in [9.17, 15) is 0 Å². The summed E-state index contributed by atoms with van der Waals surface area (Å²) < 4.78 is 0. The van der Waals surface area contributed by atoms with Crippen LogP contribution in [0.1, 0.15) is 0 Å². The van der Waals surface area contributed by atoms with Crippen molar-refractivity contribution in [1.29, 1.82) is 0 Å². The van der Waals surface area contributed by atoms with Gasteiger partial charge in [0.15, 0.2) is 0 Å². The fourth-order valence-corrected chi connectivity index (χ4v) is 1.36. The van der Waals surface area contributed by atoms with Crippen molar-refractivity contribution >= 4 is 11.4 Å². The minimum absolute atomic E-state index is 1.22. The lowest BCUT2D eigenvalue weighted by molar-refractivity contribution is 0.709. The largest absolute Gasteiger partial charge is 0.292 e. The van der Waals surface area contributed by atoms with Crippen LogP contribution in [0.15, 0.2) is 24.3 Å². The van der Waals surface area contributed by atoms with Crippen molar-refractivity contribution in [3.63, 3.8) is 0 Å². The van der Waals surface area contributed by atoms with Crippen LogP contribution < -0.4 is 15.6 Å². The lowest BCUT2D eigenvalue weighted by Crippen LogP contribution is -2.39. The van der Waals surface area contributed by atoms with E-state index < -0.39 is 0 Å². The number of nitrogens with one attached hydrogen (secondary N) is 1. The molecule has 0 spiro atoms. The summed E-state index contributed by atoms with van der Waals surface area (Å²) in [6.07, 6.45) is 0. The van der Waals surface area contributed by atoms with Crippen LogP contribution in [0.4, 0.5) is 11.4 Å². The average Bonchev–Trinajstić information content (AvgIpc) is 2.30. The van der Waals surface area contributed by atoms with E-state index in [-0.39, 0.29) is 0 Å². The maximum atomic E-state index is 3.15. The van der Waals surface area contributed by atoms with Crippen LogP contribution in [0, 0.1) is 0 Å². The predicted molar refractivity (Wildman–Crippen MR) is 46.4 cm³/mol. The SMILES string of the molecule is CN1NN(C)c2ccccc21. The summed E-state index contributed by atoms with van der Waals surface area (Å²) in [6, 6.07) is 8.25. The third kappa shape index (κ3) is 0.851. The molecule has 0 radical (unpaired) electrons. The molecule has 1 heterocycles. The number of hydrazine groups is 2. The van der Waals surface area contributed by atoms with Crippen molar-refractivity contribution in [3.05, 3.63) is 24.3 Å². The van der Waals surface area contributed by atoms with Crippen LogP contribution in [0.3, 0.4) is 0 Å². The second-order valence-electron chi connectivity index (χ2n) is 2.71. The fourth-order valence-electron chi connectivity index (χ4n) is 1.36. The first-order valence-electron chi connectivity index (χ1n) is 3.62. The van der Waals surface area contributed by atoms with Crippen LogP contribution in [-0.2, 0) is 0 Å². The van der Waals surface area contributed by atoms with E-state index in [2.05, 4.69) is 17.7 Å². The molecular weight excluding hydrogens is 138 g/mol. The Bertz CT molecular complexity index is 245. The molecule has 0 atom stereocenters. The molecule has 0 aromatic heterocycles. The van der Waals surface area contributed by atoms with Crippen molar-refractivity contribution in [2.45, 2.75) is 0 Å². The van der Waals surface area contributed by atoms with Gasteiger partial charge in [-0.1, -0.05) is 12.1 Å². The zero-order valence-corrected chi connectivity index (χ0v) is 6.70. The van der Waals surface area contributed by atoms with Crippen molar-refractivity contribution in [2.75, 3.05) is 24.1 Å². The maximum Gasteiger partial charge on any atom is 0.0782 e. The number of benzene rings is 1. The molecule has 0 bridgehead atoms. The van der Waals surface area contributed by atoms with Gasteiger partial charge in [-0.25, -0.2) is 0 Å². The van der Waals surface area contributed by atoms with Gasteiger partial charge in [-0.15, -0.1) is 5.53 Å². The lowest BCUT2D eigenvalue weighted by Gasteiger charge is -2.13. The molecule has 3 heteroatoms. The van der Waals surface area contributed by atoms with Gasteiger partial charge < -0.3 is 0 Å². The van der Waals surface area contributed by atoms with Crippen molar-refractivity contribution in [2.24, 2.45) is 0 Å². The number of fused-ring (bicyclic) bond motifs is 1. The summed E-state index contributed by atoms with van der Waals surface area (Å²) in [5.74, 6) is 0. The van der Waals surface area contributed by atoms with E-state index in [0.29, 0.717) is 0 Å². The van der Waals surface area contributed by atoms with E-state index in [4.69, 9.17) is 0 Å². The first kappa shape index (κ1) is 6.49. The Hall–Kier alpha value is -1.22. The molecule has 1 aromatic carbocycles. The van der Waals surface area contributed by atoms with Gasteiger partial charge in [0.1, 0.15) is 0 Å². The highest BCUT2D eigenvalue weighted by molar-refractivity contribution is 5.73. The van der Waals surface area contributed by atoms with E-state index in [1.807, 2.05) is 36.2 Å². The lowest BCUT2D eigenvalue weighted by atomic mass is 10.3. The zero-order chi connectivity index (χ0) is 7.84. The predicted octanol–water partition coefficient (Wildman–Crippen LogP) is 0.992. The third-order valence-electron chi connectivity index (χ3n) is 1.90. The van der Waals surface area contributed by atoms with Gasteiger partial charge in [-0.2, -0.15) is 0 Å². The Morgan fingerprint density at radius 3 is 1.91 bits per heavy atom. The first-order valence-corrected chi connectivity index (χ1v) is 3.62. The second kappa shape index (κ2) is 2.13. The van der Waals surface area contributed by atoms with Gasteiger partial charge in [-0.05, 0) is 12.1 Å². The van der Waals surface area contributed by atoms with Gasteiger partial charge >= 0.3 is 0 Å². The molecule has 2 rings (SSSR count). The van der Waals surface area contributed by atoms with Crippen LogP contribution in [0.25, 0.3) is 0 Å². The Labute approximate surface area is 66.2 Å². The highest BCUT2D eigenvalue weighted by Crippen LogP contribution is 2.29. The van der Waals surface area contributed by atoms with Gasteiger partial charge in [0, 0.05) is 14.1 Å². The maximum absolute atomic E-state index is 3.15. The summed E-state index contributed by atoms with van der Waals surface area (Å²) in [6.45, 7) is 0. The molecule has 0 unspecified atom stereocenters. The zero-order valence-electron chi connectivity index (χ0n) is 6.70. The normalized spacial score (nSPS) is 15.5. The summed E-state index contributed by atoms with van der Waals surface area (Å²) >= 11 is 0. The molecule has 1 N–H and O–H groups in total. The molecule has 58 valence electrons. The number of rotatable bonds is 0. The number of hydrogen-bond acceptors (Lipinski definition) is 3. The molecule has 0 aliphatic carbocycles. The van der Waals surface area contributed by atoms with E-state index in [1.165, 1.54) is 11.4 Å². The highest BCUT2D eigenvalue weighted by atomic mass is 15.8. The monoisotopic (exact) mass is 149 g/mol. The Balaban J connectivity index is 2.52. The quantitative estimate of drug-likeness (QED) is 0.593. The molecule has 1 aliphatic rings. The Morgan fingerprint density at radius 2 is 1.45 bits per heavy atom. The molecule has 0 amide bonds. The van der Waals surface area contributed by atoms with Gasteiger partial charge in [-0.3, -0.25) is 10.0 Å². The second-order valence-corrected chi connectivity index (χ2v) is 2.71. The number of para-hydroxylation sites is 2. The number of hydrogen-bond donors (Lipinski definition) is 1. The molecule has 1 aliphatic heterocycles. The van der Waals surface area contributed by atoms with Gasteiger partial charge in [0.05, 0.1) is 11.4 Å². The summed E-state index contributed by atoms with van der Waals surface area (Å²) in [4.78, 5) is 0. The fraction of sp³-hybridized carbons (Fsp3) is 0.250. The molecule has 0 saturated heterocycles. The average molecular weight is 149 g/mol. The number of nitrogens with zero attached hydrogens (tertiary/aromatic N) is 2. The summed E-state index contributed by atoms with van der Waals surface area (Å²) in [7, 11) is 4.00. The minimum Gasteiger partial charge on any atom is -0.292 e. The molecule has 3 nitrogen and oxygen atoms in total. The Morgan fingerprint density at radius 1 is 1.00 bits per heavy atom. The van der Waals surface area contributed by atoms with Crippen LogP contribution in [-0.4, -0.2) is 14.1 Å². The molecule has 1 aromatic rings. The summed E-state index contributed by atoms with van der Waals surface area (Å²) in [5, 5.41) is 3.99. The highest BCUT2D eigenvalue weighted by Gasteiger charge is 2.17. The van der Waals surface area contributed by atoms with Crippen molar-refractivity contribution in [3.8, 4) is 0 Å². The smallest absolute Gasteiger partial charge is 0.0782 e. The van der Waals surface area contributed by atoms with Gasteiger partial charge in [0.2, 0.25) is 0 Å². The molecule has 11 heavy (non-hydrogen) atoms. The minimum atomic E-state index is 1.22. The topological polar surface area (TPSA) is 18.5 Å². The van der Waals surface area contributed by atoms with Crippen molar-refractivity contribution < 1.29 is 0 Å². The molecule has 0 saturated carbocycles. The summed E-state index contributed by atoms with van der Waals surface area (Å²) in [5.41, 5.74) is 5.58. The Kier molecular flexibility index (Phi) is 1.26. The van der Waals surface area contributed by atoms with E-state index in [1.54, 1.807) is 0 Å². The van der Waals surface area contributed by atoms with Gasteiger partial charge in [0.25, 0.3) is 0 Å². The standard InChI is InChI=1S/C8H11N3/c1-10-7-5-3-4-6-8(7)11(2)9-10/h3-6,9H,1-2H3. The third-order valence-corrected chi connectivity index (χ3v) is 1.90.